The van der Waals surface area contributed by atoms with Crippen molar-refractivity contribution in [1.82, 2.24) is 0 Å². The Bertz CT molecular complexity index is 1480. The molecule has 2 aromatic carbocycles. The molecule has 3 N–H and O–H groups in total. The van der Waals surface area contributed by atoms with Gasteiger partial charge in [0.15, 0.2) is 0 Å². The van der Waals surface area contributed by atoms with Crippen LogP contribution >= 0.6 is 12.3 Å². The van der Waals surface area contributed by atoms with Crippen LogP contribution in [-0.2, 0) is 22.2 Å². The van der Waals surface area contributed by atoms with Gasteiger partial charge in [-0.2, -0.15) is 0 Å². The minimum Gasteiger partial charge on any atom is -0.691 e. The molecule has 7 nitrogen and oxygen atoms in total. The summed E-state index contributed by atoms with van der Waals surface area (Å²) in [7, 11) is 0. The summed E-state index contributed by atoms with van der Waals surface area (Å²) >= 11 is 0.514. The molecule has 0 spiro atoms. The average molecular weight is 643 g/mol. The maximum Gasteiger partial charge on any atom is 1.00 e. The Kier molecular flexibility index (Phi) is 9.91. The molecule has 8 atom stereocenters. The molecule has 0 radical (unpaired) electrons. The number of hydrogen-bond donors (Lipinski definition) is 3. The molecule has 4 saturated carbocycles. The number of allylic oxidation sites excluding steroid dienone is 4. The molecule has 6 unspecified atom stereocenters. The first kappa shape index (κ1) is 33.6. The van der Waals surface area contributed by atoms with Gasteiger partial charge >= 0.3 is 29.6 Å². The Balaban J connectivity index is 0.000000158. The molecular formula is C36H43NaO7S. The van der Waals surface area contributed by atoms with Gasteiger partial charge in [0.2, 0.25) is 0 Å². The second-order valence-corrected chi connectivity index (χ2v) is 14.8. The van der Waals surface area contributed by atoms with E-state index < -0.39 is 0 Å². The summed E-state index contributed by atoms with van der Waals surface area (Å²) in [6, 6.07) is 11.9. The predicted molar refractivity (Wildman–Crippen MR) is 166 cm³/mol. The molecule has 2 aromatic rings. The summed E-state index contributed by atoms with van der Waals surface area (Å²) in [6.07, 6.45) is 14.8. The van der Waals surface area contributed by atoms with Crippen LogP contribution in [0, 0.1) is 22.7 Å². The zero-order chi connectivity index (χ0) is 30.6. The van der Waals surface area contributed by atoms with Crippen LogP contribution in [-0.4, -0.2) is 27.5 Å². The molecule has 6 aliphatic rings. The number of fused-ring (bicyclic) bond motifs is 10. The zero-order valence-electron chi connectivity index (χ0n) is 26.5. The fraction of sp³-hybridized carbons (Fsp3) is 0.556. The van der Waals surface area contributed by atoms with Crippen LogP contribution in [0.1, 0.15) is 99.3 Å². The predicted octanol–water partition coefficient (Wildman–Crippen LogP) is 3.52. The van der Waals surface area contributed by atoms with Gasteiger partial charge in [0.25, 0.3) is 12.3 Å². The third-order valence-electron chi connectivity index (χ3n) is 12.4. The maximum atomic E-state index is 10.4. The van der Waals surface area contributed by atoms with E-state index in [1.165, 1.54) is 27.8 Å². The largest absolute Gasteiger partial charge is 1.00 e. The molecular weight excluding hydrogens is 599 g/mol. The Morgan fingerprint density at radius 3 is 1.84 bits per heavy atom. The van der Waals surface area contributed by atoms with Gasteiger partial charge in [-0.25, -0.2) is 0 Å². The monoisotopic (exact) mass is 642 g/mol. The van der Waals surface area contributed by atoms with E-state index in [2.05, 4.69) is 47.5 Å². The quantitative estimate of drug-likeness (QED) is 0.116. The van der Waals surface area contributed by atoms with E-state index in [9.17, 15) is 20.6 Å². The van der Waals surface area contributed by atoms with Crippen LogP contribution in [0.2, 0.25) is 0 Å². The van der Waals surface area contributed by atoms with Crippen LogP contribution in [0.25, 0.3) is 0 Å². The van der Waals surface area contributed by atoms with Crippen LogP contribution < -0.4 is 39.0 Å². The molecule has 0 saturated heterocycles. The molecule has 8 rings (SSSR count). The van der Waals surface area contributed by atoms with Crippen LogP contribution in [0.3, 0.4) is 0 Å². The molecule has 45 heavy (non-hydrogen) atoms. The first-order valence-corrected chi connectivity index (χ1v) is 16.9. The summed E-state index contributed by atoms with van der Waals surface area (Å²) in [5, 5.41) is 43.5. The topological polar surface area (TPSA) is 111 Å². The Hall–Kier alpha value is -1.33. The average Bonchev–Trinajstić information content (AvgIpc) is 3.51. The van der Waals surface area contributed by atoms with Gasteiger partial charge < -0.3 is 24.8 Å². The molecule has 0 aromatic heterocycles. The number of aromatic hydroxyl groups is 1. The molecule has 236 valence electrons. The van der Waals surface area contributed by atoms with Crippen molar-refractivity contribution in [3.05, 3.63) is 82.0 Å². The first-order chi connectivity index (χ1) is 21.2. The maximum absolute atomic E-state index is 10.4. The van der Waals surface area contributed by atoms with E-state index in [0.29, 0.717) is 47.5 Å². The van der Waals surface area contributed by atoms with Crippen LogP contribution in [0.4, 0.5) is 0 Å². The van der Waals surface area contributed by atoms with Crippen molar-refractivity contribution < 1.29 is 63.7 Å². The summed E-state index contributed by atoms with van der Waals surface area (Å²) in [6.45, 7) is 4.53. The number of phenols is 1. The SMILES string of the molecule is CC12CCC3C(=CCc4cc(O)ccc43)C1CC[C@@H]2O.CC12CCC3C(=CCc4cc(OSOO[O-])ccc43)C1CC[C@@H]2O.[Na+]. The first-order valence-electron chi connectivity index (χ1n) is 16.2. The van der Waals surface area contributed by atoms with Gasteiger partial charge in [-0.1, -0.05) is 49.3 Å². The third-order valence-corrected chi connectivity index (χ3v) is 12.8. The van der Waals surface area contributed by atoms with Gasteiger partial charge in [-0.15, -0.1) is 4.33 Å². The van der Waals surface area contributed by atoms with Gasteiger partial charge in [0.1, 0.15) is 11.5 Å². The Morgan fingerprint density at radius 2 is 1.29 bits per heavy atom. The van der Waals surface area contributed by atoms with Gasteiger partial charge in [-0.3, -0.25) is 5.04 Å². The van der Waals surface area contributed by atoms with E-state index in [1.54, 1.807) is 5.57 Å². The Morgan fingerprint density at radius 1 is 0.756 bits per heavy atom. The normalized spacial score (nSPS) is 35.4. The second-order valence-electron chi connectivity index (χ2n) is 14.3. The van der Waals surface area contributed by atoms with E-state index in [-0.39, 0.29) is 52.6 Å². The molecule has 0 amide bonds. The number of rotatable bonds is 4. The van der Waals surface area contributed by atoms with E-state index in [0.717, 1.165) is 64.2 Å². The van der Waals surface area contributed by atoms with Crippen molar-refractivity contribution in [2.75, 3.05) is 0 Å². The summed E-state index contributed by atoms with van der Waals surface area (Å²) in [5.74, 6) is 3.05. The van der Waals surface area contributed by atoms with Gasteiger partial charge in [0.05, 0.1) is 12.2 Å². The standard InChI is InChI=1S/C18H22O5S.C18H22O2.Na/c1-18-9-8-14-13-5-3-12(21-24-23-22-20)10-11(13)2-4-15(14)16(18)6-7-17(18)19;1-18-9-8-14-13-5-3-12(19)10-11(13)2-4-15(14)16(18)6-7-17(18)20;/h3-5,10,14,16-17,19-20H,2,6-9H2,1H3;3-5,10,14,16-17,19-20H,2,6-9H2,1H3;/q;;+1/p-1/t2*14?,16?,17-,18?;/m00./s1. The summed E-state index contributed by atoms with van der Waals surface area (Å²) in [4.78, 5) is 0. The van der Waals surface area contributed by atoms with Crippen molar-refractivity contribution in [3.8, 4) is 11.5 Å². The second kappa shape index (κ2) is 13.3. The van der Waals surface area contributed by atoms with Gasteiger partial charge in [-0.05, 0) is 123 Å². The van der Waals surface area contributed by atoms with E-state index in [4.69, 9.17) is 4.18 Å². The van der Waals surface area contributed by atoms with Gasteiger partial charge in [0, 0.05) is 22.7 Å². The smallest absolute Gasteiger partial charge is 0.691 e. The number of aliphatic hydroxyl groups excluding tert-OH is 2. The van der Waals surface area contributed by atoms with Crippen molar-refractivity contribution in [2.45, 2.75) is 102 Å². The fourth-order valence-electron chi connectivity index (χ4n) is 9.96. The van der Waals surface area contributed by atoms with E-state index >= 15 is 0 Å². The van der Waals surface area contributed by atoms with Crippen molar-refractivity contribution in [3.63, 3.8) is 0 Å². The zero-order valence-corrected chi connectivity index (χ0v) is 29.4. The number of phenolic OH excluding ortho intramolecular Hbond substituents is 1. The molecule has 0 bridgehead atoms. The Labute approximate surface area is 292 Å². The minimum atomic E-state index is -0.165. The summed E-state index contributed by atoms with van der Waals surface area (Å²) in [5.41, 5.74) is 8.55. The fourth-order valence-corrected chi connectivity index (χ4v) is 10.2. The van der Waals surface area contributed by atoms with E-state index in [1.807, 2.05) is 24.3 Å². The van der Waals surface area contributed by atoms with Crippen molar-refractivity contribution >= 4 is 12.3 Å². The number of aliphatic hydroxyl groups is 2. The molecule has 4 fully saturated rings. The molecule has 0 heterocycles. The molecule has 9 heteroatoms. The third kappa shape index (κ3) is 5.87. The summed E-state index contributed by atoms with van der Waals surface area (Å²) < 4.78 is 9.40. The minimum absolute atomic E-state index is 0. The van der Waals surface area contributed by atoms with Crippen LogP contribution in [0.5, 0.6) is 11.5 Å². The molecule has 0 aliphatic heterocycles. The molecule has 6 aliphatic carbocycles. The van der Waals surface area contributed by atoms with Crippen LogP contribution in [0.15, 0.2) is 59.7 Å². The number of hydrogen-bond acceptors (Lipinski definition) is 8. The van der Waals surface area contributed by atoms with Crippen molar-refractivity contribution in [2.24, 2.45) is 22.7 Å². The van der Waals surface area contributed by atoms with Crippen molar-refractivity contribution in [1.29, 1.82) is 0 Å². The number of benzene rings is 2.